The molecule has 0 spiro atoms. The van der Waals surface area contributed by atoms with Gasteiger partial charge in [0.25, 0.3) is 5.91 Å². The molecular weight excluding hydrogens is 326 g/mol. The molecule has 0 saturated heterocycles. The number of rotatable bonds is 3. The molecule has 0 saturated carbocycles. The summed E-state index contributed by atoms with van der Waals surface area (Å²) >= 11 is 0. The number of carbonyl (C=O) groups excluding carboxylic acids is 1. The van der Waals surface area contributed by atoms with Gasteiger partial charge in [0, 0.05) is 36.6 Å². The van der Waals surface area contributed by atoms with Crippen LogP contribution >= 0.6 is 0 Å². The average molecular weight is 347 g/mol. The van der Waals surface area contributed by atoms with Gasteiger partial charge in [0.2, 0.25) is 0 Å². The van der Waals surface area contributed by atoms with E-state index in [0.717, 1.165) is 47.8 Å². The molecule has 2 aromatic heterocycles. The van der Waals surface area contributed by atoms with Crippen LogP contribution in [0.4, 0.5) is 5.69 Å². The third kappa shape index (κ3) is 3.22. The predicted molar refractivity (Wildman–Crippen MR) is 99.9 cm³/mol. The highest BCUT2D eigenvalue weighted by molar-refractivity contribution is 6.04. The van der Waals surface area contributed by atoms with Crippen molar-refractivity contribution in [1.82, 2.24) is 19.7 Å². The van der Waals surface area contributed by atoms with E-state index in [1.807, 2.05) is 25.1 Å². The number of nitrogens with zero attached hydrogens (tertiary/aromatic N) is 4. The van der Waals surface area contributed by atoms with Crippen LogP contribution in [0, 0.1) is 6.92 Å². The van der Waals surface area contributed by atoms with E-state index in [-0.39, 0.29) is 5.91 Å². The van der Waals surface area contributed by atoms with E-state index in [2.05, 4.69) is 25.1 Å². The summed E-state index contributed by atoms with van der Waals surface area (Å²) in [6.07, 6.45) is 7.73. The highest BCUT2D eigenvalue weighted by atomic mass is 16.1. The number of aromatic nitrogens is 4. The summed E-state index contributed by atoms with van der Waals surface area (Å²) in [5, 5.41) is 11.8. The van der Waals surface area contributed by atoms with Crippen molar-refractivity contribution in [3.05, 3.63) is 59.7 Å². The van der Waals surface area contributed by atoms with E-state index in [1.165, 1.54) is 12.8 Å². The molecule has 1 aliphatic heterocycles. The number of aryl methyl sites for hydroxylation is 2. The zero-order valence-corrected chi connectivity index (χ0v) is 14.8. The lowest BCUT2D eigenvalue weighted by Gasteiger charge is -2.12. The van der Waals surface area contributed by atoms with E-state index < -0.39 is 0 Å². The van der Waals surface area contributed by atoms with Gasteiger partial charge < -0.3 is 9.88 Å². The summed E-state index contributed by atoms with van der Waals surface area (Å²) in [6.45, 7) is 2.93. The maximum Gasteiger partial charge on any atom is 0.257 e. The molecule has 6 heteroatoms. The quantitative estimate of drug-likeness (QED) is 0.785. The smallest absolute Gasteiger partial charge is 0.257 e. The SMILES string of the molecule is Cc1ccc(-c2nnc3n2CCCCC3)cc1NC(=O)c1cccnc1. The lowest BCUT2D eigenvalue weighted by molar-refractivity contribution is 0.102. The number of nitrogens with one attached hydrogen (secondary N) is 1. The molecule has 0 unspecified atom stereocenters. The Morgan fingerprint density at radius 3 is 2.92 bits per heavy atom. The van der Waals surface area contributed by atoms with E-state index in [1.54, 1.807) is 24.5 Å². The van der Waals surface area contributed by atoms with Gasteiger partial charge in [-0.25, -0.2) is 0 Å². The first kappa shape index (κ1) is 16.4. The first-order chi connectivity index (χ1) is 12.7. The number of amides is 1. The highest BCUT2D eigenvalue weighted by Gasteiger charge is 2.17. The number of anilines is 1. The van der Waals surface area contributed by atoms with Crippen LogP contribution in [0.5, 0.6) is 0 Å². The fourth-order valence-corrected chi connectivity index (χ4v) is 3.29. The normalized spacial score (nSPS) is 13.7. The summed E-state index contributed by atoms with van der Waals surface area (Å²) in [5.41, 5.74) is 3.29. The number of benzene rings is 1. The highest BCUT2D eigenvalue weighted by Crippen LogP contribution is 2.27. The maximum atomic E-state index is 12.5. The minimum Gasteiger partial charge on any atom is -0.322 e. The van der Waals surface area contributed by atoms with E-state index in [0.29, 0.717) is 5.56 Å². The zero-order chi connectivity index (χ0) is 17.9. The summed E-state index contributed by atoms with van der Waals surface area (Å²) in [6, 6.07) is 9.53. The second-order valence-electron chi connectivity index (χ2n) is 6.63. The minimum absolute atomic E-state index is 0.168. The van der Waals surface area contributed by atoms with Crippen LogP contribution in [0.3, 0.4) is 0 Å². The zero-order valence-electron chi connectivity index (χ0n) is 14.8. The van der Waals surface area contributed by atoms with Crippen molar-refractivity contribution in [2.75, 3.05) is 5.32 Å². The van der Waals surface area contributed by atoms with Crippen molar-refractivity contribution in [2.45, 2.75) is 39.2 Å². The van der Waals surface area contributed by atoms with Gasteiger partial charge >= 0.3 is 0 Å². The Balaban J connectivity index is 1.65. The summed E-state index contributed by atoms with van der Waals surface area (Å²) < 4.78 is 2.21. The first-order valence-electron chi connectivity index (χ1n) is 8.97. The number of hydrogen-bond acceptors (Lipinski definition) is 4. The lowest BCUT2D eigenvalue weighted by atomic mass is 10.1. The molecular formula is C20H21N5O. The third-order valence-corrected chi connectivity index (χ3v) is 4.78. The number of hydrogen-bond donors (Lipinski definition) is 1. The Bertz CT molecular complexity index is 933. The van der Waals surface area contributed by atoms with Gasteiger partial charge in [0.1, 0.15) is 5.82 Å². The molecule has 132 valence electrons. The van der Waals surface area contributed by atoms with Crippen molar-refractivity contribution in [1.29, 1.82) is 0 Å². The standard InChI is InChI=1S/C20H21N5O/c1-14-8-9-15(19-24-23-18-7-3-2-4-11-25(18)19)12-17(14)22-20(26)16-6-5-10-21-13-16/h5-6,8-10,12-13H,2-4,7,11H2,1H3,(H,22,26). The summed E-state index contributed by atoms with van der Waals surface area (Å²) in [5.74, 6) is 1.76. The van der Waals surface area contributed by atoms with Crippen molar-refractivity contribution in [3.8, 4) is 11.4 Å². The second kappa shape index (κ2) is 7.07. The van der Waals surface area contributed by atoms with Gasteiger partial charge in [0.15, 0.2) is 5.82 Å². The van der Waals surface area contributed by atoms with Crippen LogP contribution in [-0.2, 0) is 13.0 Å². The fraction of sp³-hybridized carbons (Fsp3) is 0.300. The molecule has 4 rings (SSSR count). The maximum absolute atomic E-state index is 12.5. The molecule has 3 heterocycles. The third-order valence-electron chi connectivity index (χ3n) is 4.78. The van der Waals surface area contributed by atoms with Gasteiger partial charge in [0.05, 0.1) is 5.56 Å². The molecule has 0 atom stereocenters. The van der Waals surface area contributed by atoms with Gasteiger partial charge in [-0.2, -0.15) is 0 Å². The van der Waals surface area contributed by atoms with E-state index >= 15 is 0 Å². The van der Waals surface area contributed by atoms with E-state index in [9.17, 15) is 4.79 Å². The Morgan fingerprint density at radius 1 is 1.15 bits per heavy atom. The van der Waals surface area contributed by atoms with Gasteiger partial charge in [-0.3, -0.25) is 9.78 Å². The largest absolute Gasteiger partial charge is 0.322 e. The Hall–Kier alpha value is -3.02. The molecule has 26 heavy (non-hydrogen) atoms. The predicted octanol–water partition coefficient (Wildman–Crippen LogP) is 3.63. The van der Waals surface area contributed by atoms with E-state index in [4.69, 9.17) is 0 Å². The first-order valence-corrected chi connectivity index (χ1v) is 8.97. The van der Waals surface area contributed by atoms with Crippen molar-refractivity contribution < 1.29 is 4.79 Å². The van der Waals surface area contributed by atoms with Crippen LogP contribution in [0.2, 0.25) is 0 Å². The molecule has 1 aromatic carbocycles. The molecule has 0 aliphatic carbocycles. The van der Waals surface area contributed by atoms with Crippen molar-refractivity contribution in [3.63, 3.8) is 0 Å². The van der Waals surface area contributed by atoms with Crippen LogP contribution < -0.4 is 5.32 Å². The molecule has 1 amide bonds. The number of carbonyl (C=O) groups is 1. The Morgan fingerprint density at radius 2 is 2.08 bits per heavy atom. The molecule has 6 nitrogen and oxygen atoms in total. The minimum atomic E-state index is -0.168. The number of pyridine rings is 1. The van der Waals surface area contributed by atoms with Gasteiger partial charge in [-0.15, -0.1) is 10.2 Å². The molecule has 0 bridgehead atoms. The second-order valence-corrected chi connectivity index (χ2v) is 6.63. The van der Waals surface area contributed by atoms with Crippen molar-refractivity contribution >= 4 is 11.6 Å². The van der Waals surface area contributed by atoms with Gasteiger partial charge in [-0.1, -0.05) is 18.6 Å². The average Bonchev–Trinajstić information content (AvgIpc) is 2.92. The number of fused-ring (bicyclic) bond motifs is 1. The van der Waals surface area contributed by atoms with Crippen molar-refractivity contribution in [2.24, 2.45) is 0 Å². The van der Waals surface area contributed by atoms with Crippen LogP contribution in [0.15, 0.2) is 42.7 Å². The topological polar surface area (TPSA) is 72.7 Å². The van der Waals surface area contributed by atoms with Gasteiger partial charge in [-0.05, 0) is 43.5 Å². The Kier molecular flexibility index (Phi) is 4.48. The Labute approximate surface area is 152 Å². The van der Waals surface area contributed by atoms with Crippen LogP contribution in [0.1, 0.15) is 41.0 Å². The van der Waals surface area contributed by atoms with Crippen LogP contribution in [-0.4, -0.2) is 25.7 Å². The molecule has 0 fully saturated rings. The monoisotopic (exact) mass is 347 g/mol. The molecule has 0 radical (unpaired) electrons. The fourth-order valence-electron chi connectivity index (χ4n) is 3.29. The van der Waals surface area contributed by atoms with Crippen LogP contribution in [0.25, 0.3) is 11.4 Å². The molecule has 1 N–H and O–H groups in total. The summed E-state index contributed by atoms with van der Waals surface area (Å²) in [7, 11) is 0. The molecule has 1 aliphatic rings. The lowest BCUT2D eigenvalue weighted by Crippen LogP contribution is -2.13. The molecule has 3 aromatic rings. The summed E-state index contributed by atoms with van der Waals surface area (Å²) in [4.78, 5) is 16.5.